The Morgan fingerprint density at radius 2 is 2.29 bits per heavy atom. The maximum absolute atomic E-state index is 13.0. The first-order valence-electron chi connectivity index (χ1n) is 4.35. The second-order valence-electron chi connectivity index (χ2n) is 3.12. The normalized spacial score (nSPS) is 14.5. The molecule has 5 N–H and O–H groups in total. The summed E-state index contributed by atoms with van der Waals surface area (Å²) < 4.78 is 13.0. The number of carboxylic acid groups (broad SMARTS) is 1. The van der Waals surface area contributed by atoms with E-state index in [4.69, 9.17) is 16.2 Å². The number of aliphatic carboxylic acids is 1. The van der Waals surface area contributed by atoms with Crippen molar-refractivity contribution in [3.63, 3.8) is 0 Å². The Labute approximate surface area is 82.0 Å². The lowest BCUT2D eigenvalue weighted by molar-refractivity contribution is -0.139. The van der Waals surface area contributed by atoms with Crippen LogP contribution in [0.1, 0.15) is 19.8 Å². The molecule has 0 aromatic heterocycles. The maximum Gasteiger partial charge on any atom is 0.320 e. The predicted octanol–water partition coefficient (Wildman–Crippen LogP) is 0.103. The second kappa shape index (κ2) is 6.31. The molecule has 2 unspecified atom stereocenters. The van der Waals surface area contributed by atoms with Crippen LogP contribution in [0.15, 0.2) is 0 Å². The number of carboxylic acids is 1. The topological polar surface area (TPSA) is 99.2 Å². The van der Waals surface area contributed by atoms with Gasteiger partial charge in [-0.2, -0.15) is 0 Å². The highest BCUT2D eigenvalue weighted by atomic mass is 19.1. The molecule has 0 radical (unpaired) electrons. The summed E-state index contributed by atoms with van der Waals surface area (Å²) in [4.78, 5) is 10.3. The van der Waals surface area contributed by atoms with Crippen molar-refractivity contribution in [3.05, 3.63) is 0 Å². The van der Waals surface area contributed by atoms with Crippen molar-refractivity contribution in [2.24, 2.45) is 5.73 Å². The van der Waals surface area contributed by atoms with E-state index in [2.05, 4.69) is 5.32 Å². The van der Waals surface area contributed by atoms with E-state index in [-0.39, 0.29) is 18.7 Å². The Morgan fingerprint density at radius 1 is 1.71 bits per heavy atom. The van der Waals surface area contributed by atoms with Crippen LogP contribution in [0.4, 0.5) is 4.39 Å². The number of hydrogen-bond acceptors (Lipinski definition) is 3. The van der Waals surface area contributed by atoms with Gasteiger partial charge >= 0.3 is 5.97 Å². The lowest BCUT2D eigenvalue weighted by Gasteiger charge is -2.11. The Kier molecular flexibility index (Phi) is 5.78. The minimum atomic E-state index is -1.24. The van der Waals surface area contributed by atoms with Crippen molar-refractivity contribution in [3.8, 4) is 0 Å². The molecular formula is C8H16FN3O2. The van der Waals surface area contributed by atoms with Crippen LogP contribution in [0, 0.1) is 5.41 Å². The number of alkyl halides is 1. The van der Waals surface area contributed by atoms with Crippen LogP contribution in [0.5, 0.6) is 0 Å². The van der Waals surface area contributed by atoms with Crippen molar-refractivity contribution in [1.82, 2.24) is 5.32 Å². The summed E-state index contributed by atoms with van der Waals surface area (Å²) in [6, 6.07) is -1.15. The standard InChI is InChI=1S/C8H16FN3O2/c1-5(10)12-3-2-6(9)4-7(11)8(13)14/h6-7H,2-4,11H2,1H3,(H2,10,12)(H,13,14). The minimum Gasteiger partial charge on any atom is -0.480 e. The average molecular weight is 205 g/mol. The summed E-state index contributed by atoms with van der Waals surface area (Å²) in [6.07, 6.45) is -1.27. The van der Waals surface area contributed by atoms with Gasteiger partial charge in [-0.3, -0.25) is 10.2 Å². The Morgan fingerprint density at radius 3 is 2.71 bits per heavy atom. The van der Waals surface area contributed by atoms with Crippen molar-refractivity contribution in [2.45, 2.75) is 32.0 Å². The van der Waals surface area contributed by atoms with E-state index in [1.54, 1.807) is 6.92 Å². The molecule has 0 amide bonds. The third kappa shape index (κ3) is 6.36. The van der Waals surface area contributed by atoms with E-state index < -0.39 is 18.2 Å². The monoisotopic (exact) mass is 205 g/mol. The van der Waals surface area contributed by atoms with Crippen LogP contribution in [0.25, 0.3) is 0 Å². The molecule has 0 heterocycles. The first-order valence-corrected chi connectivity index (χ1v) is 4.35. The summed E-state index contributed by atoms with van der Waals surface area (Å²) in [5.41, 5.74) is 5.15. The minimum absolute atomic E-state index is 0.164. The van der Waals surface area contributed by atoms with Crippen molar-refractivity contribution in [1.29, 1.82) is 5.41 Å². The Hall–Kier alpha value is -1.17. The van der Waals surface area contributed by atoms with Gasteiger partial charge in [0, 0.05) is 13.0 Å². The van der Waals surface area contributed by atoms with E-state index in [0.717, 1.165) is 0 Å². The summed E-state index contributed by atoms with van der Waals surface area (Å²) in [5, 5.41) is 18.0. The van der Waals surface area contributed by atoms with Gasteiger partial charge in [0.15, 0.2) is 0 Å². The molecule has 0 fully saturated rings. The summed E-state index contributed by atoms with van der Waals surface area (Å²) in [5.74, 6) is -0.927. The zero-order chi connectivity index (χ0) is 11.1. The fourth-order valence-corrected chi connectivity index (χ4v) is 0.910. The van der Waals surface area contributed by atoms with Gasteiger partial charge in [-0.25, -0.2) is 4.39 Å². The van der Waals surface area contributed by atoms with Crippen LogP contribution in [0.3, 0.4) is 0 Å². The van der Waals surface area contributed by atoms with E-state index in [1.165, 1.54) is 0 Å². The third-order valence-corrected chi connectivity index (χ3v) is 1.67. The fraction of sp³-hybridized carbons (Fsp3) is 0.750. The molecule has 2 atom stereocenters. The van der Waals surface area contributed by atoms with E-state index >= 15 is 0 Å². The van der Waals surface area contributed by atoms with Gasteiger partial charge in [-0.15, -0.1) is 0 Å². The number of rotatable bonds is 6. The number of nitrogens with one attached hydrogen (secondary N) is 2. The Bertz CT molecular complexity index is 211. The lowest BCUT2D eigenvalue weighted by Crippen LogP contribution is -2.34. The van der Waals surface area contributed by atoms with Gasteiger partial charge in [0.2, 0.25) is 0 Å². The first kappa shape index (κ1) is 12.8. The molecule has 0 aromatic carbocycles. The van der Waals surface area contributed by atoms with Crippen LogP contribution >= 0.6 is 0 Å². The zero-order valence-electron chi connectivity index (χ0n) is 8.09. The molecule has 0 aliphatic carbocycles. The smallest absolute Gasteiger partial charge is 0.320 e. The molecule has 0 saturated carbocycles. The molecule has 0 spiro atoms. The summed E-state index contributed by atoms with van der Waals surface area (Å²) in [6.45, 7) is 1.87. The summed E-state index contributed by atoms with van der Waals surface area (Å²) >= 11 is 0. The average Bonchev–Trinajstić information content (AvgIpc) is 2.02. The number of halogens is 1. The quantitative estimate of drug-likeness (QED) is 0.365. The molecule has 6 heteroatoms. The number of amidine groups is 1. The first-order chi connectivity index (χ1) is 6.43. The number of carbonyl (C=O) groups is 1. The molecular weight excluding hydrogens is 189 g/mol. The fourth-order valence-electron chi connectivity index (χ4n) is 0.910. The van der Waals surface area contributed by atoms with Crippen LogP contribution in [-0.2, 0) is 4.79 Å². The molecule has 5 nitrogen and oxygen atoms in total. The highest BCUT2D eigenvalue weighted by Gasteiger charge is 2.17. The van der Waals surface area contributed by atoms with Gasteiger partial charge in [-0.1, -0.05) is 0 Å². The van der Waals surface area contributed by atoms with E-state index in [1.807, 2.05) is 0 Å². The van der Waals surface area contributed by atoms with Gasteiger partial charge in [0.05, 0.1) is 5.84 Å². The van der Waals surface area contributed by atoms with Gasteiger partial charge in [0.25, 0.3) is 0 Å². The van der Waals surface area contributed by atoms with Crippen LogP contribution < -0.4 is 11.1 Å². The molecule has 0 aliphatic heterocycles. The third-order valence-electron chi connectivity index (χ3n) is 1.67. The molecule has 14 heavy (non-hydrogen) atoms. The number of nitrogens with two attached hydrogens (primary N) is 1. The molecule has 0 aliphatic rings. The molecule has 0 rings (SSSR count). The van der Waals surface area contributed by atoms with E-state index in [0.29, 0.717) is 6.54 Å². The van der Waals surface area contributed by atoms with Gasteiger partial charge < -0.3 is 16.2 Å². The highest BCUT2D eigenvalue weighted by molar-refractivity contribution is 5.75. The van der Waals surface area contributed by atoms with Gasteiger partial charge in [-0.05, 0) is 13.3 Å². The van der Waals surface area contributed by atoms with Gasteiger partial charge in [0.1, 0.15) is 12.2 Å². The summed E-state index contributed by atoms with van der Waals surface area (Å²) in [7, 11) is 0. The van der Waals surface area contributed by atoms with Crippen LogP contribution in [0.2, 0.25) is 0 Å². The predicted molar refractivity (Wildman–Crippen MR) is 51.1 cm³/mol. The molecule has 82 valence electrons. The van der Waals surface area contributed by atoms with Crippen molar-refractivity contribution in [2.75, 3.05) is 6.54 Å². The SMILES string of the molecule is CC(=N)NCCC(F)CC(N)C(=O)O. The molecule has 0 aromatic rings. The van der Waals surface area contributed by atoms with Crippen molar-refractivity contribution >= 4 is 11.8 Å². The Balaban J connectivity index is 3.59. The molecule has 0 saturated heterocycles. The number of hydrogen-bond donors (Lipinski definition) is 4. The lowest BCUT2D eigenvalue weighted by atomic mass is 10.1. The zero-order valence-corrected chi connectivity index (χ0v) is 8.09. The second-order valence-corrected chi connectivity index (χ2v) is 3.12. The van der Waals surface area contributed by atoms with E-state index in [9.17, 15) is 9.18 Å². The molecule has 0 bridgehead atoms. The largest absolute Gasteiger partial charge is 0.480 e. The maximum atomic E-state index is 13.0. The van der Waals surface area contributed by atoms with Crippen molar-refractivity contribution < 1.29 is 14.3 Å². The van der Waals surface area contributed by atoms with Crippen LogP contribution in [-0.4, -0.2) is 35.7 Å². The highest BCUT2D eigenvalue weighted by Crippen LogP contribution is 2.05.